The number of benzene rings is 1. The molecule has 4 aliphatic rings. The Labute approximate surface area is 145 Å². The number of hydrogen-bond donors (Lipinski definition) is 1. The zero-order valence-corrected chi connectivity index (χ0v) is 14.0. The van der Waals surface area contributed by atoms with E-state index in [1.807, 2.05) is 4.90 Å². The van der Waals surface area contributed by atoms with Crippen molar-refractivity contribution >= 4 is 16.8 Å². The molecule has 2 saturated carbocycles. The number of nitrogens with zero attached hydrogens (tertiary/aromatic N) is 1. The number of rotatable bonds is 1. The third kappa shape index (κ3) is 2.48. The van der Waals surface area contributed by atoms with Crippen LogP contribution in [0.25, 0.3) is 10.9 Å². The third-order valence-electron chi connectivity index (χ3n) is 6.40. The lowest BCUT2D eigenvalue weighted by Crippen LogP contribution is -2.42. The van der Waals surface area contributed by atoms with Crippen molar-refractivity contribution in [2.24, 2.45) is 17.8 Å². The van der Waals surface area contributed by atoms with Crippen LogP contribution in [0.15, 0.2) is 29.1 Å². The number of carbonyl (C=O) groups excluding carboxylic acids is 1. The Kier molecular flexibility index (Phi) is 3.27. The zero-order chi connectivity index (χ0) is 17.1. The predicted molar refractivity (Wildman–Crippen MR) is 92.9 cm³/mol. The van der Waals surface area contributed by atoms with Gasteiger partial charge in [-0.2, -0.15) is 0 Å². The minimum absolute atomic E-state index is 0.0686. The minimum Gasteiger partial charge on any atom is -0.335 e. The predicted octanol–water partition coefficient (Wildman–Crippen LogP) is 3.32. The molecule has 2 atom stereocenters. The third-order valence-corrected chi connectivity index (χ3v) is 6.40. The summed E-state index contributed by atoms with van der Waals surface area (Å²) in [6, 6.07) is 5.88. The molecule has 1 N–H and O–H groups in total. The number of carbonyl (C=O) groups is 1. The van der Waals surface area contributed by atoms with Gasteiger partial charge in [-0.1, -0.05) is 0 Å². The lowest BCUT2D eigenvalue weighted by Gasteiger charge is -2.39. The molecular weight excluding hydrogens is 319 g/mol. The molecular formula is C20H21FN2O2. The van der Waals surface area contributed by atoms with Gasteiger partial charge in [0.2, 0.25) is 5.56 Å². The molecule has 4 bridgehead atoms. The molecule has 25 heavy (non-hydrogen) atoms. The summed E-state index contributed by atoms with van der Waals surface area (Å²) in [6.07, 6.45) is 5.97. The van der Waals surface area contributed by atoms with Gasteiger partial charge in [0.15, 0.2) is 0 Å². The lowest BCUT2D eigenvalue weighted by atomic mass is 9.68. The van der Waals surface area contributed by atoms with Crippen molar-refractivity contribution in [2.45, 2.75) is 38.1 Å². The fraction of sp³-hybridized carbons (Fsp3) is 0.500. The number of aromatic amines is 1. The first-order valence-electron chi connectivity index (χ1n) is 9.20. The average Bonchev–Trinajstić information content (AvgIpc) is 2.76. The van der Waals surface area contributed by atoms with Gasteiger partial charge in [0, 0.05) is 24.0 Å². The monoisotopic (exact) mass is 340 g/mol. The van der Waals surface area contributed by atoms with Crippen molar-refractivity contribution in [3.8, 4) is 0 Å². The summed E-state index contributed by atoms with van der Waals surface area (Å²) in [5, 5.41) is 0.620. The van der Waals surface area contributed by atoms with E-state index in [1.54, 1.807) is 6.07 Å². The van der Waals surface area contributed by atoms with Crippen LogP contribution in [0.4, 0.5) is 4.39 Å². The van der Waals surface area contributed by atoms with Gasteiger partial charge in [0.25, 0.3) is 5.91 Å². The molecule has 1 amide bonds. The Morgan fingerprint density at radius 2 is 1.76 bits per heavy atom. The number of H-pyrrole nitrogens is 1. The topological polar surface area (TPSA) is 53.2 Å². The van der Waals surface area contributed by atoms with Gasteiger partial charge in [-0.15, -0.1) is 0 Å². The molecule has 1 aromatic heterocycles. The van der Waals surface area contributed by atoms with Gasteiger partial charge in [-0.3, -0.25) is 9.59 Å². The lowest BCUT2D eigenvalue weighted by molar-refractivity contribution is 0.0634. The van der Waals surface area contributed by atoms with Crippen molar-refractivity contribution in [3.63, 3.8) is 0 Å². The van der Waals surface area contributed by atoms with E-state index >= 15 is 0 Å². The molecule has 1 aromatic carbocycles. The van der Waals surface area contributed by atoms with Crippen molar-refractivity contribution in [1.29, 1.82) is 0 Å². The summed E-state index contributed by atoms with van der Waals surface area (Å²) >= 11 is 0. The van der Waals surface area contributed by atoms with E-state index in [0.29, 0.717) is 28.4 Å². The number of halogens is 1. The smallest absolute Gasteiger partial charge is 0.255 e. The van der Waals surface area contributed by atoms with Crippen LogP contribution in [0, 0.1) is 23.6 Å². The van der Waals surface area contributed by atoms with Crippen LogP contribution >= 0.6 is 0 Å². The van der Waals surface area contributed by atoms with Crippen LogP contribution < -0.4 is 5.56 Å². The highest BCUT2D eigenvalue weighted by molar-refractivity contribution is 6.06. The summed E-state index contributed by atoms with van der Waals surface area (Å²) < 4.78 is 13.5. The highest BCUT2D eigenvalue weighted by Gasteiger charge is 2.44. The number of hydrogen-bond acceptors (Lipinski definition) is 2. The Hall–Kier alpha value is -2.17. The van der Waals surface area contributed by atoms with Crippen LogP contribution in [-0.2, 0) is 0 Å². The Balaban J connectivity index is 1.58. The van der Waals surface area contributed by atoms with E-state index in [0.717, 1.165) is 31.2 Å². The zero-order valence-electron chi connectivity index (χ0n) is 14.0. The summed E-state index contributed by atoms with van der Waals surface area (Å²) in [5.74, 6) is 1.61. The van der Waals surface area contributed by atoms with E-state index < -0.39 is 5.82 Å². The Morgan fingerprint density at radius 3 is 2.52 bits per heavy atom. The first-order valence-corrected chi connectivity index (χ1v) is 9.20. The van der Waals surface area contributed by atoms with Crippen LogP contribution in [0.3, 0.4) is 0 Å². The fourth-order valence-electron chi connectivity index (χ4n) is 5.60. The Morgan fingerprint density at radius 1 is 1.04 bits per heavy atom. The van der Waals surface area contributed by atoms with Crippen LogP contribution in [0.2, 0.25) is 0 Å². The van der Waals surface area contributed by atoms with Gasteiger partial charge in [0.1, 0.15) is 5.82 Å². The molecule has 3 heterocycles. The van der Waals surface area contributed by atoms with Crippen LogP contribution in [0.1, 0.15) is 42.5 Å². The molecule has 2 aromatic rings. The maximum atomic E-state index is 13.5. The van der Waals surface area contributed by atoms with Crippen molar-refractivity contribution in [1.82, 2.24) is 9.88 Å². The molecule has 5 heteroatoms. The van der Waals surface area contributed by atoms with Crippen LogP contribution in [0.5, 0.6) is 0 Å². The highest BCUT2D eigenvalue weighted by atomic mass is 19.1. The van der Waals surface area contributed by atoms with Gasteiger partial charge < -0.3 is 9.88 Å². The first-order chi connectivity index (χ1) is 12.1. The maximum Gasteiger partial charge on any atom is 0.255 e. The number of amides is 1. The largest absolute Gasteiger partial charge is 0.335 e. The SMILES string of the molecule is O=C(c1cc(=O)[nH]c2cc(F)ccc12)N1CC2CC3CC(C2)CC1C3. The molecule has 6 rings (SSSR count). The molecule has 2 aliphatic heterocycles. The molecule has 4 nitrogen and oxygen atoms in total. The van der Waals surface area contributed by atoms with Gasteiger partial charge >= 0.3 is 0 Å². The van der Waals surface area contributed by atoms with E-state index in [4.69, 9.17) is 0 Å². The summed E-state index contributed by atoms with van der Waals surface area (Å²) in [5.41, 5.74) is 0.429. The standard InChI is InChI=1S/C20H21FN2O2/c21-14-1-2-16-17(9-19(24)22-18(16)8-14)20(25)23-10-13-4-11-3-12(5-13)7-15(23)6-11/h1-2,8-9,11-13,15H,3-7,10H2,(H,22,24). The number of pyridine rings is 1. The van der Waals surface area contributed by atoms with Gasteiger partial charge in [0.05, 0.1) is 11.1 Å². The van der Waals surface area contributed by atoms with Crippen molar-refractivity contribution in [3.05, 3.63) is 46.0 Å². The number of fused-ring (bicyclic) bond motifs is 2. The normalized spacial score (nSPS) is 30.7. The maximum absolute atomic E-state index is 13.5. The first kappa shape index (κ1) is 15.1. The molecule has 2 aliphatic carbocycles. The molecule has 0 radical (unpaired) electrons. The number of nitrogens with one attached hydrogen (secondary N) is 1. The fourth-order valence-corrected chi connectivity index (χ4v) is 5.60. The minimum atomic E-state index is -0.418. The van der Waals surface area contributed by atoms with Crippen molar-refractivity contribution < 1.29 is 9.18 Å². The molecule has 2 saturated heterocycles. The molecule has 2 unspecified atom stereocenters. The van der Waals surface area contributed by atoms with Crippen molar-refractivity contribution in [2.75, 3.05) is 6.54 Å². The average molecular weight is 340 g/mol. The second kappa shape index (κ2) is 5.41. The van der Waals surface area contributed by atoms with Gasteiger partial charge in [-0.25, -0.2) is 4.39 Å². The quantitative estimate of drug-likeness (QED) is 0.866. The number of aromatic nitrogens is 1. The molecule has 4 fully saturated rings. The summed E-state index contributed by atoms with van der Waals surface area (Å²) in [4.78, 5) is 30.0. The van der Waals surface area contributed by atoms with E-state index in [1.165, 1.54) is 37.5 Å². The van der Waals surface area contributed by atoms with Gasteiger partial charge in [-0.05, 0) is 68.1 Å². The summed E-state index contributed by atoms with van der Waals surface area (Å²) in [6.45, 7) is 0.798. The van der Waals surface area contributed by atoms with E-state index in [-0.39, 0.29) is 11.5 Å². The Bertz CT molecular complexity index is 908. The second-order valence-corrected chi connectivity index (χ2v) is 8.13. The molecule has 0 spiro atoms. The second-order valence-electron chi connectivity index (χ2n) is 8.13. The van der Waals surface area contributed by atoms with E-state index in [2.05, 4.69) is 4.98 Å². The molecule has 130 valence electrons. The summed E-state index contributed by atoms with van der Waals surface area (Å²) in [7, 11) is 0. The highest BCUT2D eigenvalue weighted by Crippen LogP contribution is 2.47. The van der Waals surface area contributed by atoms with Crippen LogP contribution in [-0.4, -0.2) is 28.4 Å². The van der Waals surface area contributed by atoms with E-state index in [9.17, 15) is 14.0 Å².